The Balaban J connectivity index is 0.00000200. The molecule has 0 radical (unpaired) electrons. The number of amides is 1. The van der Waals surface area contributed by atoms with Gasteiger partial charge in [-0.05, 0) is 25.8 Å². The van der Waals surface area contributed by atoms with Crippen molar-refractivity contribution in [3.63, 3.8) is 0 Å². The van der Waals surface area contributed by atoms with E-state index in [1.165, 1.54) is 0 Å². The Kier molecular flexibility index (Phi) is 9.45. The Bertz CT molecular complexity index is 440. The van der Waals surface area contributed by atoms with E-state index in [0.29, 0.717) is 17.7 Å². The third kappa shape index (κ3) is 5.74. The van der Waals surface area contributed by atoms with Crippen molar-refractivity contribution in [3.8, 4) is 0 Å². The lowest BCUT2D eigenvalue weighted by molar-refractivity contribution is 0.0693. The first-order chi connectivity index (χ1) is 9.10. The Labute approximate surface area is 143 Å². The van der Waals surface area contributed by atoms with Gasteiger partial charge in [0.15, 0.2) is 0 Å². The number of carbonyl (C=O) groups excluding carboxylic acids is 1. The molecule has 2 heterocycles. The number of hydrogen-bond acceptors (Lipinski definition) is 4. The highest BCUT2D eigenvalue weighted by molar-refractivity contribution is 7.09. The summed E-state index contributed by atoms with van der Waals surface area (Å²) in [7, 11) is 1.96. The van der Waals surface area contributed by atoms with Crippen LogP contribution in [0.1, 0.15) is 42.2 Å². The summed E-state index contributed by atoms with van der Waals surface area (Å²) in [6.45, 7) is 6.00. The van der Waals surface area contributed by atoms with E-state index in [0.717, 1.165) is 37.4 Å². The number of halogens is 2. The fourth-order valence-electron chi connectivity index (χ4n) is 2.41. The van der Waals surface area contributed by atoms with Crippen LogP contribution in [0.3, 0.4) is 0 Å². The van der Waals surface area contributed by atoms with Crippen LogP contribution in [-0.2, 0) is 6.42 Å². The molecule has 1 amide bonds. The first kappa shape index (κ1) is 20.6. The SMILES string of the molecule is CNC1CCCN(C(=O)c2csc(CC(C)C)n2)C1.Cl.Cl. The van der Waals surface area contributed by atoms with Crippen LogP contribution in [0.2, 0.25) is 0 Å². The van der Waals surface area contributed by atoms with Gasteiger partial charge in [0.25, 0.3) is 5.91 Å². The second kappa shape index (κ2) is 9.62. The summed E-state index contributed by atoms with van der Waals surface area (Å²) in [5.41, 5.74) is 0.623. The fraction of sp³-hybridized carbons (Fsp3) is 0.714. The first-order valence-corrected chi connectivity index (χ1v) is 7.89. The second-order valence-corrected chi connectivity index (χ2v) is 6.55. The smallest absolute Gasteiger partial charge is 0.273 e. The van der Waals surface area contributed by atoms with Crippen molar-refractivity contribution in [2.45, 2.75) is 39.2 Å². The second-order valence-electron chi connectivity index (χ2n) is 5.60. The Hall–Kier alpha value is -0.360. The lowest BCUT2D eigenvalue weighted by atomic mass is 10.1. The van der Waals surface area contributed by atoms with Gasteiger partial charge >= 0.3 is 0 Å². The van der Waals surface area contributed by atoms with E-state index in [4.69, 9.17) is 0 Å². The zero-order valence-corrected chi connectivity index (χ0v) is 15.2. The largest absolute Gasteiger partial charge is 0.336 e. The highest BCUT2D eigenvalue weighted by Gasteiger charge is 2.25. The van der Waals surface area contributed by atoms with E-state index in [2.05, 4.69) is 24.1 Å². The maximum Gasteiger partial charge on any atom is 0.273 e. The molecular formula is C14H25Cl2N3OS. The first-order valence-electron chi connectivity index (χ1n) is 7.01. The van der Waals surface area contributed by atoms with Crippen molar-refractivity contribution in [1.82, 2.24) is 15.2 Å². The average Bonchev–Trinajstić information content (AvgIpc) is 2.85. The number of likely N-dealkylation sites (tertiary alicyclic amines) is 1. The number of nitrogens with zero attached hydrogens (tertiary/aromatic N) is 2. The van der Waals surface area contributed by atoms with E-state index in [9.17, 15) is 4.79 Å². The van der Waals surface area contributed by atoms with Gasteiger partial charge in [0.2, 0.25) is 0 Å². The number of thiazole rings is 1. The summed E-state index contributed by atoms with van der Waals surface area (Å²) in [5, 5.41) is 6.24. The minimum atomic E-state index is 0. The number of likely N-dealkylation sites (N-methyl/N-ethyl adjacent to an activating group) is 1. The molecule has 0 bridgehead atoms. The van der Waals surface area contributed by atoms with Gasteiger partial charge in [-0.2, -0.15) is 0 Å². The molecule has 7 heteroatoms. The lowest BCUT2D eigenvalue weighted by Crippen LogP contribution is -2.47. The molecular weight excluding hydrogens is 329 g/mol. The van der Waals surface area contributed by atoms with E-state index in [1.807, 2.05) is 17.3 Å². The molecule has 0 aliphatic carbocycles. The quantitative estimate of drug-likeness (QED) is 0.904. The molecule has 1 aliphatic rings. The van der Waals surface area contributed by atoms with Gasteiger partial charge in [0.05, 0.1) is 5.01 Å². The average molecular weight is 354 g/mol. The molecule has 1 atom stereocenters. The van der Waals surface area contributed by atoms with Crippen LogP contribution in [0.15, 0.2) is 5.38 Å². The molecule has 0 spiro atoms. The zero-order chi connectivity index (χ0) is 13.8. The van der Waals surface area contributed by atoms with Crippen LogP contribution in [0.4, 0.5) is 0 Å². The Morgan fingerprint density at radius 2 is 2.24 bits per heavy atom. The monoisotopic (exact) mass is 353 g/mol. The van der Waals surface area contributed by atoms with E-state index >= 15 is 0 Å². The highest BCUT2D eigenvalue weighted by atomic mass is 35.5. The Morgan fingerprint density at radius 1 is 1.52 bits per heavy atom. The molecule has 1 aromatic rings. The van der Waals surface area contributed by atoms with E-state index < -0.39 is 0 Å². The predicted octanol–water partition coefficient (Wildman–Crippen LogP) is 3.01. The van der Waals surface area contributed by atoms with Crippen molar-refractivity contribution in [2.24, 2.45) is 5.92 Å². The number of piperidine rings is 1. The Morgan fingerprint density at radius 3 is 2.86 bits per heavy atom. The van der Waals surface area contributed by atoms with Crippen LogP contribution < -0.4 is 5.32 Å². The van der Waals surface area contributed by atoms with Gasteiger partial charge in [-0.25, -0.2) is 4.98 Å². The summed E-state index contributed by atoms with van der Waals surface area (Å²) in [4.78, 5) is 18.8. The number of hydrogen-bond donors (Lipinski definition) is 1. The molecule has 1 aliphatic heterocycles. The van der Waals surface area contributed by atoms with Crippen LogP contribution in [-0.4, -0.2) is 42.0 Å². The van der Waals surface area contributed by atoms with Crippen LogP contribution in [0, 0.1) is 5.92 Å². The standard InChI is InChI=1S/C14H23N3OS.2ClH/c1-10(2)7-13-16-12(9-19-13)14(18)17-6-4-5-11(8-17)15-3;;/h9-11,15H,4-8H2,1-3H3;2*1H. The highest BCUT2D eigenvalue weighted by Crippen LogP contribution is 2.18. The van der Waals surface area contributed by atoms with Crippen molar-refractivity contribution in [2.75, 3.05) is 20.1 Å². The molecule has 1 fully saturated rings. The van der Waals surface area contributed by atoms with Crippen molar-refractivity contribution in [1.29, 1.82) is 0 Å². The van der Waals surface area contributed by atoms with Crippen molar-refractivity contribution in [3.05, 3.63) is 16.1 Å². The van der Waals surface area contributed by atoms with Crippen LogP contribution >= 0.6 is 36.2 Å². The van der Waals surface area contributed by atoms with Gasteiger partial charge < -0.3 is 10.2 Å². The molecule has 122 valence electrons. The molecule has 1 unspecified atom stereocenters. The van der Waals surface area contributed by atoms with E-state index in [-0.39, 0.29) is 30.7 Å². The predicted molar refractivity (Wildman–Crippen MR) is 93.1 cm³/mol. The number of rotatable bonds is 4. The molecule has 1 saturated heterocycles. The molecule has 2 rings (SSSR count). The third-order valence-corrected chi connectivity index (χ3v) is 4.34. The molecule has 0 saturated carbocycles. The molecule has 1 N–H and O–H groups in total. The maximum atomic E-state index is 12.4. The lowest BCUT2D eigenvalue weighted by Gasteiger charge is -2.32. The van der Waals surface area contributed by atoms with Crippen molar-refractivity contribution < 1.29 is 4.79 Å². The third-order valence-electron chi connectivity index (χ3n) is 3.47. The summed E-state index contributed by atoms with van der Waals surface area (Å²) in [6.07, 6.45) is 3.17. The number of nitrogens with one attached hydrogen (secondary N) is 1. The maximum absolute atomic E-state index is 12.4. The van der Waals surface area contributed by atoms with Crippen LogP contribution in [0.25, 0.3) is 0 Å². The molecule has 21 heavy (non-hydrogen) atoms. The van der Waals surface area contributed by atoms with Gasteiger partial charge in [-0.15, -0.1) is 36.2 Å². The fourth-order valence-corrected chi connectivity index (χ4v) is 3.39. The minimum Gasteiger partial charge on any atom is -0.336 e. The number of carbonyl (C=O) groups is 1. The zero-order valence-electron chi connectivity index (χ0n) is 12.8. The summed E-state index contributed by atoms with van der Waals surface area (Å²) < 4.78 is 0. The van der Waals surface area contributed by atoms with Gasteiger partial charge in [0.1, 0.15) is 5.69 Å². The van der Waals surface area contributed by atoms with Crippen molar-refractivity contribution >= 4 is 42.1 Å². The summed E-state index contributed by atoms with van der Waals surface area (Å²) >= 11 is 1.60. The topological polar surface area (TPSA) is 45.2 Å². The normalized spacial score (nSPS) is 18.1. The molecule has 4 nitrogen and oxygen atoms in total. The summed E-state index contributed by atoms with van der Waals surface area (Å²) in [6, 6.07) is 0.423. The summed E-state index contributed by atoms with van der Waals surface area (Å²) in [5.74, 6) is 0.670. The van der Waals surface area contributed by atoms with Gasteiger partial charge in [-0.3, -0.25) is 4.79 Å². The van der Waals surface area contributed by atoms with Crippen LogP contribution in [0.5, 0.6) is 0 Å². The molecule has 0 aromatic carbocycles. The van der Waals surface area contributed by atoms with Gasteiger partial charge in [-0.1, -0.05) is 13.8 Å². The minimum absolute atomic E-state index is 0. The van der Waals surface area contributed by atoms with Gasteiger partial charge in [0, 0.05) is 30.9 Å². The number of aromatic nitrogens is 1. The molecule has 1 aromatic heterocycles. The van der Waals surface area contributed by atoms with E-state index in [1.54, 1.807) is 11.3 Å².